The molecular weight excluding hydrogens is 520 g/mol. The lowest BCUT2D eigenvalue weighted by Gasteiger charge is -2.09. The first kappa shape index (κ1) is 24.2. The van der Waals surface area contributed by atoms with E-state index in [9.17, 15) is 22.4 Å². The minimum atomic E-state index is -4.66. The van der Waals surface area contributed by atoms with Crippen LogP contribution < -0.4 is 5.32 Å². The number of alkyl halides is 3. The molecule has 1 fully saturated rings. The van der Waals surface area contributed by atoms with Crippen LogP contribution in [0.5, 0.6) is 0 Å². The average molecular weight is 537 g/mol. The molecule has 5 rings (SSSR count). The van der Waals surface area contributed by atoms with Crippen molar-refractivity contribution in [3.05, 3.63) is 81.6 Å². The number of hydrogen-bond acceptors (Lipinski definition) is 5. The number of nitrogens with one attached hydrogen (secondary N) is 1. The SMILES string of the molecule is O=C(Nc1nc(/C=C/c2ncn(C3CC3)c2Cl)cs1)c1cc(C(F)(F)F)cn1Cc1ccnc(F)c1. The number of nitrogens with zero attached hydrogens (tertiary/aromatic N) is 5. The number of imidazole rings is 1. The molecule has 186 valence electrons. The summed E-state index contributed by atoms with van der Waals surface area (Å²) in [6, 6.07) is 3.69. The van der Waals surface area contributed by atoms with Crippen LogP contribution in [0.3, 0.4) is 0 Å². The van der Waals surface area contributed by atoms with Gasteiger partial charge in [0.15, 0.2) is 5.13 Å². The van der Waals surface area contributed by atoms with Crippen LogP contribution in [-0.4, -0.2) is 30.0 Å². The summed E-state index contributed by atoms with van der Waals surface area (Å²) in [5, 5.41) is 4.94. The van der Waals surface area contributed by atoms with Gasteiger partial charge in [0.1, 0.15) is 16.5 Å². The highest BCUT2D eigenvalue weighted by molar-refractivity contribution is 7.14. The van der Waals surface area contributed by atoms with E-state index < -0.39 is 23.6 Å². The molecule has 0 aromatic carbocycles. The van der Waals surface area contributed by atoms with E-state index in [1.807, 2.05) is 4.57 Å². The third-order valence-corrected chi connectivity index (χ3v) is 6.62. The predicted molar refractivity (Wildman–Crippen MR) is 127 cm³/mol. The van der Waals surface area contributed by atoms with Gasteiger partial charge < -0.3 is 9.13 Å². The van der Waals surface area contributed by atoms with Gasteiger partial charge in [-0.15, -0.1) is 11.3 Å². The van der Waals surface area contributed by atoms with Crippen LogP contribution in [-0.2, 0) is 12.7 Å². The van der Waals surface area contributed by atoms with Gasteiger partial charge in [-0.2, -0.15) is 17.6 Å². The van der Waals surface area contributed by atoms with E-state index in [2.05, 4.69) is 20.3 Å². The maximum atomic E-state index is 13.4. The molecule has 7 nitrogen and oxygen atoms in total. The van der Waals surface area contributed by atoms with Crippen molar-refractivity contribution in [2.45, 2.75) is 31.6 Å². The van der Waals surface area contributed by atoms with Crippen molar-refractivity contribution in [2.75, 3.05) is 5.32 Å². The molecule has 0 radical (unpaired) electrons. The molecule has 1 aliphatic rings. The molecule has 0 atom stereocenters. The van der Waals surface area contributed by atoms with Crippen LogP contribution >= 0.6 is 22.9 Å². The van der Waals surface area contributed by atoms with Crippen molar-refractivity contribution < 1.29 is 22.4 Å². The van der Waals surface area contributed by atoms with Gasteiger partial charge in [-0.1, -0.05) is 11.6 Å². The van der Waals surface area contributed by atoms with Crippen molar-refractivity contribution in [2.24, 2.45) is 0 Å². The zero-order valence-electron chi connectivity index (χ0n) is 18.3. The van der Waals surface area contributed by atoms with Crippen LogP contribution in [0.25, 0.3) is 12.2 Å². The summed E-state index contributed by atoms with van der Waals surface area (Å²) in [6.07, 6.45) is 4.58. The van der Waals surface area contributed by atoms with Crippen molar-refractivity contribution in [3.8, 4) is 0 Å². The summed E-state index contributed by atoms with van der Waals surface area (Å²) >= 11 is 7.46. The molecule has 13 heteroatoms. The lowest BCUT2D eigenvalue weighted by atomic mass is 10.2. The molecule has 0 saturated heterocycles. The lowest BCUT2D eigenvalue weighted by Crippen LogP contribution is -2.17. The highest BCUT2D eigenvalue weighted by atomic mass is 35.5. The second kappa shape index (κ2) is 9.51. The molecule has 36 heavy (non-hydrogen) atoms. The number of hydrogen-bond donors (Lipinski definition) is 1. The maximum absolute atomic E-state index is 13.4. The van der Waals surface area contributed by atoms with Gasteiger partial charge in [0, 0.05) is 30.4 Å². The van der Waals surface area contributed by atoms with Gasteiger partial charge in [0.25, 0.3) is 5.91 Å². The molecular formula is C23H17ClF4N6OS. The summed E-state index contributed by atoms with van der Waals surface area (Å²) in [7, 11) is 0. The first-order valence-electron chi connectivity index (χ1n) is 10.7. The number of aromatic nitrogens is 5. The van der Waals surface area contributed by atoms with Gasteiger partial charge in [-0.3, -0.25) is 10.1 Å². The Balaban J connectivity index is 1.33. The summed E-state index contributed by atoms with van der Waals surface area (Å²) in [4.78, 5) is 24.9. The summed E-state index contributed by atoms with van der Waals surface area (Å²) < 4.78 is 56.5. The number of thiazole rings is 1. The Morgan fingerprint density at radius 1 is 1.25 bits per heavy atom. The number of amides is 1. The summed E-state index contributed by atoms with van der Waals surface area (Å²) in [5.41, 5.74) is 0.222. The normalized spacial score (nSPS) is 14.0. The first-order valence-corrected chi connectivity index (χ1v) is 12.0. The molecule has 0 bridgehead atoms. The van der Waals surface area contributed by atoms with E-state index in [-0.39, 0.29) is 17.4 Å². The molecule has 1 N–H and O–H groups in total. The third-order valence-electron chi connectivity index (χ3n) is 5.45. The van der Waals surface area contributed by atoms with E-state index in [4.69, 9.17) is 11.6 Å². The van der Waals surface area contributed by atoms with E-state index in [0.29, 0.717) is 28.1 Å². The smallest absolute Gasteiger partial charge is 0.338 e. The van der Waals surface area contributed by atoms with Gasteiger partial charge >= 0.3 is 6.18 Å². The monoisotopic (exact) mass is 536 g/mol. The molecule has 1 amide bonds. The van der Waals surface area contributed by atoms with E-state index in [0.717, 1.165) is 47.1 Å². The van der Waals surface area contributed by atoms with Crippen LogP contribution in [0.15, 0.2) is 42.3 Å². The number of halogens is 5. The fraction of sp³-hybridized carbons (Fsp3) is 0.217. The number of rotatable bonds is 7. The predicted octanol–water partition coefficient (Wildman–Crippen LogP) is 6.15. The molecule has 0 unspecified atom stereocenters. The standard InChI is InChI=1S/C23H17ClF4N6OS/c24-20-17(30-12-34(20)16-2-3-16)4-1-15-11-36-22(31-15)32-21(35)18-8-14(23(26,27)28)10-33(18)9-13-5-6-29-19(25)7-13/h1,4-8,10-12,16H,2-3,9H2,(H,31,32,35)/b4-1+. The molecule has 1 saturated carbocycles. The second-order valence-electron chi connectivity index (χ2n) is 8.15. The Hall–Kier alpha value is -3.51. The van der Waals surface area contributed by atoms with E-state index in [1.165, 1.54) is 12.3 Å². The fourth-order valence-corrected chi connectivity index (χ4v) is 4.52. The van der Waals surface area contributed by atoms with Gasteiger partial charge in [-0.25, -0.2) is 15.0 Å². The van der Waals surface area contributed by atoms with Gasteiger partial charge in [-0.05, 0) is 48.8 Å². The van der Waals surface area contributed by atoms with Crippen molar-refractivity contribution in [3.63, 3.8) is 0 Å². The highest BCUT2D eigenvalue weighted by Gasteiger charge is 2.34. The topological polar surface area (TPSA) is 77.6 Å². The Kier molecular flexibility index (Phi) is 6.39. The largest absolute Gasteiger partial charge is 0.417 e. The number of carbonyl (C=O) groups excluding carboxylic acids is 1. The Labute approximate surface area is 211 Å². The number of carbonyl (C=O) groups is 1. The van der Waals surface area contributed by atoms with Gasteiger partial charge in [0.05, 0.1) is 17.6 Å². The van der Waals surface area contributed by atoms with Crippen LogP contribution in [0.2, 0.25) is 5.15 Å². The second-order valence-corrected chi connectivity index (χ2v) is 9.37. The summed E-state index contributed by atoms with van der Waals surface area (Å²) in [5.74, 6) is -1.55. The third kappa shape index (κ3) is 5.34. The molecule has 4 aromatic heterocycles. The van der Waals surface area contributed by atoms with Crippen LogP contribution in [0.1, 0.15) is 51.9 Å². The fourth-order valence-electron chi connectivity index (χ4n) is 3.55. The van der Waals surface area contributed by atoms with Crippen LogP contribution in [0, 0.1) is 5.95 Å². The molecule has 4 aromatic rings. The number of anilines is 1. The average Bonchev–Trinajstić information content (AvgIpc) is 3.21. The van der Waals surface area contributed by atoms with Crippen molar-refractivity contribution in [1.29, 1.82) is 0 Å². The number of pyridine rings is 1. The first-order chi connectivity index (χ1) is 17.2. The van der Waals surface area contributed by atoms with Crippen molar-refractivity contribution in [1.82, 2.24) is 24.1 Å². The summed E-state index contributed by atoms with van der Waals surface area (Å²) in [6.45, 7) is -0.154. The Morgan fingerprint density at radius 2 is 2.06 bits per heavy atom. The van der Waals surface area contributed by atoms with Crippen molar-refractivity contribution >= 4 is 46.1 Å². The van der Waals surface area contributed by atoms with E-state index in [1.54, 1.807) is 23.9 Å². The Morgan fingerprint density at radius 3 is 2.78 bits per heavy atom. The van der Waals surface area contributed by atoms with Gasteiger partial charge in [0.2, 0.25) is 5.95 Å². The quantitative estimate of drug-likeness (QED) is 0.227. The minimum absolute atomic E-state index is 0.154. The lowest BCUT2D eigenvalue weighted by molar-refractivity contribution is -0.137. The zero-order valence-corrected chi connectivity index (χ0v) is 19.9. The molecule has 4 heterocycles. The minimum Gasteiger partial charge on any atom is -0.338 e. The highest BCUT2D eigenvalue weighted by Crippen LogP contribution is 2.38. The van der Waals surface area contributed by atoms with E-state index >= 15 is 0 Å². The Bertz CT molecular complexity index is 1450. The zero-order chi connectivity index (χ0) is 25.4. The van der Waals surface area contributed by atoms with Crippen LogP contribution in [0.4, 0.5) is 22.7 Å². The molecule has 1 aliphatic carbocycles. The molecule has 0 aliphatic heterocycles. The molecule has 0 spiro atoms. The maximum Gasteiger partial charge on any atom is 0.417 e.